The molecule has 21 heavy (non-hydrogen) atoms. The zero-order chi connectivity index (χ0) is 15.6. The summed E-state index contributed by atoms with van der Waals surface area (Å²) in [4.78, 5) is 26.5. The zero-order valence-electron chi connectivity index (χ0n) is 13.0. The van der Waals surface area contributed by atoms with Crippen molar-refractivity contribution in [1.82, 2.24) is 15.1 Å². The van der Waals surface area contributed by atoms with Gasteiger partial charge in [-0.1, -0.05) is 13.8 Å². The van der Waals surface area contributed by atoms with Crippen molar-refractivity contribution in [3.63, 3.8) is 0 Å². The molecule has 2 rings (SSSR count). The number of piperazine rings is 1. The minimum absolute atomic E-state index is 0.0423. The molecule has 1 saturated carbocycles. The van der Waals surface area contributed by atoms with Gasteiger partial charge in [0, 0.05) is 44.7 Å². The van der Waals surface area contributed by atoms with E-state index in [1.807, 2.05) is 4.90 Å². The van der Waals surface area contributed by atoms with Gasteiger partial charge in [-0.05, 0) is 6.42 Å². The number of amides is 2. The summed E-state index contributed by atoms with van der Waals surface area (Å²) in [5.41, 5.74) is -0.0461. The number of carboxylic acids is 1. The molecule has 2 amide bonds. The molecular weight excluding hydrogens is 274 g/mol. The van der Waals surface area contributed by atoms with Crippen LogP contribution in [0.4, 0.5) is 4.79 Å². The van der Waals surface area contributed by atoms with Gasteiger partial charge in [0.2, 0.25) is 0 Å². The quantitative estimate of drug-likeness (QED) is 0.775. The Bertz CT molecular complexity index is 405. The van der Waals surface area contributed by atoms with Crippen molar-refractivity contribution in [2.75, 3.05) is 39.8 Å². The van der Waals surface area contributed by atoms with E-state index in [-0.39, 0.29) is 30.1 Å². The van der Waals surface area contributed by atoms with Crippen LogP contribution in [0.2, 0.25) is 0 Å². The van der Waals surface area contributed by atoms with Crippen LogP contribution in [0, 0.1) is 5.41 Å². The fourth-order valence-corrected chi connectivity index (χ4v) is 3.07. The molecule has 2 aliphatic rings. The lowest BCUT2D eigenvalue weighted by Gasteiger charge is -2.51. The highest BCUT2D eigenvalue weighted by atomic mass is 16.5. The number of urea groups is 1. The number of carboxylic acid groups (broad SMARTS) is 1. The molecule has 0 bridgehead atoms. The van der Waals surface area contributed by atoms with Crippen LogP contribution in [-0.4, -0.2) is 78.9 Å². The Labute approximate surface area is 125 Å². The number of ether oxygens (including phenoxy) is 1. The molecular formula is C14H25N3O4. The highest BCUT2D eigenvalue weighted by Crippen LogP contribution is 2.42. The molecule has 1 heterocycles. The van der Waals surface area contributed by atoms with E-state index in [1.165, 1.54) is 0 Å². The summed E-state index contributed by atoms with van der Waals surface area (Å²) >= 11 is 0. The number of rotatable bonds is 4. The molecule has 0 aromatic rings. The Morgan fingerprint density at radius 3 is 2.38 bits per heavy atom. The molecule has 7 nitrogen and oxygen atoms in total. The van der Waals surface area contributed by atoms with Crippen molar-refractivity contribution in [1.29, 1.82) is 0 Å². The molecule has 2 fully saturated rings. The van der Waals surface area contributed by atoms with Crippen LogP contribution in [-0.2, 0) is 9.53 Å². The Balaban J connectivity index is 1.77. The van der Waals surface area contributed by atoms with E-state index >= 15 is 0 Å². The maximum atomic E-state index is 12.3. The maximum Gasteiger partial charge on any atom is 0.317 e. The number of aliphatic carboxylic acids is 1. The van der Waals surface area contributed by atoms with Crippen molar-refractivity contribution >= 4 is 12.0 Å². The lowest BCUT2D eigenvalue weighted by atomic mass is 9.64. The second-order valence-electron chi connectivity index (χ2n) is 6.44. The van der Waals surface area contributed by atoms with Gasteiger partial charge >= 0.3 is 12.0 Å². The molecule has 7 heteroatoms. The van der Waals surface area contributed by atoms with Crippen LogP contribution >= 0.6 is 0 Å². The molecule has 2 N–H and O–H groups in total. The number of nitrogens with zero attached hydrogens (tertiary/aromatic N) is 2. The number of carbonyl (C=O) groups is 2. The van der Waals surface area contributed by atoms with Crippen LogP contribution < -0.4 is 5.32 Å². The number of carbonyl (C=O) groups excluding carboxylic acids is 1. The third-order valence-corrected chi connectivity index (χ3v) is 4.78. The monoisotopic (exact) mass is 299 g/mol. The maximum absolute atomic E-state index is 12.3. The van der Waals surface area contributed by atoms with Crippen molar-refractivity contribution in [3.8, 4) is 0 Å². The smallest absolute Gasteiger partial charge is 0.317 e. The summed E-state index contributed by atoms with van der Waals surface area (Å²) in [5.74, 6) is -0.824. The average molecular weight is 299 g/mol. The highest BCUT2D eigenvalue weighted by molar-refractivity contribution is 5.75. The molecule has 0 radical (unpaired) electrons. The van der Waals surface area contributed by atoms with Gasteiger partial charge < -0.3 is 20.1 Å². The van der Waals surface area contributed by atoms with Gasteiger partial charge in [-0.2, -0.15) is 0 Å². The van der Waals surface area contributed by atoms with Crippen LogP contribution in [0.25, 0.3) is 0 Å². The van der Waals surface area contributed by atoms with Crippen molar-refractivity contribution in [3.05, 3.63) is 0 Å². The number of nitrogens with one attached hydrogen (secondary N) is 1. The van der Waals surface area contributed by atoms with E-state index < -0.39 is 5.97 Å². The Morgan fingerprint density at radius 1 is 1.29 bits per heavy atom. The largest absolute Gasteiger partial charge is 0.480 e. The third-order valence-electron chi connectivity index (χ3n) is 4.78. The van der Waals surface area contributed by atoms with Crippen molar-refractivity contribution in [2.24, 2.45) is 5.41 Å². The fraction of sp³-hybridized carbons (Fsp3) is 0.857. The van der Waals surface area contributed by atoms with E-state index in [4.69, 9.17) is 9.84 Å². The summed E-state index contributed by atoms with van der Waals surface area (Å²) in [5, 5.41) is 11.8. The average Bonchev–Trinajstić information content (AvgIpc) is 2.42. The molecule has 0 aromatic heterocycles. The number of hydrogen-bond donors (Lipinski definition) is 2. The standard InChI is InChI=1S/C14H25N3O4/c1-14(2)10(8-11(14)21-3)15-13(20)17-6-4-16(5-7-17)9-12(18)19/h10-11H,4-9H2,1-3H3,(H,15,20)(H,18,19). The first-order valence-corrected chi connectivity index (χ1v) is 7.37. The first-order valence-electron chi connectivity index (χ1n) is 7.37. The Hall–Kier alpha value is -1.34. The van der Waals surface area contributed by atoms with Gasteiger partial charge in [-0.15, -0.1) is 0 Å². The summed E-state index contributed by atoms with van der Waals surface area (Å²) in [6.07, 6.45) is 1.03. The molecule has 0 aromatic carbocycles. The Kier molecular flexibility index (Phi) is 4.73. The summed E-state index contributed by atoms with van der Waals surface area (Å²) in [6.45, 7) is 6.59. The molecule has 2 unspecified atom stereocenters. The van der Waals surface area contributed by atoms with Gasteiger partial charge in [-0.25, -0.2) is 4.79 Å². The minimum atomic E-state index is -0.824. The Morgan fingerprint density at radius 2 is 1.90 bits per heavy atom. The first kappa shape index (κ1) is 16.0. The highest BCUT2D eigenvalue weighted by Gasteiger charge is 2.49. The molecule has 120 valence electrons. The van der Waals surface area contributed by atoms with Crippen molar-refractivity contribution < 1.29 is 19.4 Å². The number of methoxy groups -OCH3 is 1. The van der Waals surface area contributed by atoms with E-state index in [1.54, 1.807) is 12.0 Å². The van der Waals surface area contributed by atoms with Crippen LogP contribution in [0.3, 0.4) is 0 Å². The topological polar surface area (TPSA) is 82.1 Å². The van der Waals surface area contributed by atoms with Gasteiger partial charge in [0.1, 0.15) is 0 Å². The summed E-state index contributed by atoms with van der Waals surface area (Å²) < 4.78 is 5.38. The molecule has 1 aliphatic heterocycles. The lowest BCUT2D eigenvalue weighted by Crippen LogP contribution is -2.64. The van der Waals surface area contributed by atoms with Gasteiger partial charge in [0.15, 0.2) is 0 Å². The van der Waals surface area contributed by atoms with Crippen LogP contribution in [0.15, 0.2) is 0 Å². The van der Waals surface area contributed by atoms with Crippen LogP contribution in [0.5, 0.6) is 0 Å². The second-order valence-corrected chi connectivity index (χ2v) is 6.44. The second kappa shape index (κ2) is 6.19. The van der Waals surface area contributed by atoms with Crippen molar-refractivity contribution in [2.45, 2.75) is 32.4 Å². The van der Waals surface area contributed by atoms with Gasteiger partial charge in [0.25, 0.3) is 0 Å². The normalized spacial score (nSPS) is 28.8. The molecule has 1 saturated heterocycles. The first-order chi connectivity index (χ1) is 9.84. The van der Waals surface area contributed by atoms with E-state index in [2.05, 4.69) is 19.2 Å². The SMILES string of the molecule is COC1CC(NC(=O)N2CCN(CC(=O)O)CC2)C1(C)C. The third kappa shape index (κ3) is 3.47. The van der Waals surface area contributed by atoms with E-state index in [0.717, 1.165) is 6.42 Å². The minimum Gasteiger partial charge on any atom is -0.480 e. The predicted octanol–water partition coefficient (Wildman–Crippen LogP) is 0.212. The zero-order valence-corrected chi connectivity index (χ0v) is 13.0. The summed E-state index contributed by atoms with van der Waals surface area (Å²) in [7, 11) is 1.70. The molecule has 2 atom stereocenters. The van der Waals surface area contributed by atoms with Crippen LogP contribution in [0.1, 0.15) is 20.3 Å². The van der Waals surface area contributed by atoms with Gasteiger partial charge in [0.05, 0.1) is 12.6 Å². The molecule has 0 spiro atoms. The lowest BCUT2D eigenvalue weighted by molar-refractivity contribution is -0.138. The summed E-state index contributed by atoms with van der Waals surface area (Å²) in [6, 6.07) is 0.0737. The van der Waals surface area contributed by atoms with E-state index in [0.29, 0.717) is 26.2 Å². The van der Waals surface area contributed by atoms with Gasteiger partial charge in [-0.3, -0.25) is 9.69 Å². The molecule has 1 aliphatic carbocycles. The van der Waals surface area contributed by atoms with E-state index in [9.17, 15) is 9.59 Å². The fourth-order valence-electron chi connectivity index (χ4n) is 3.07. The predicted molar refractivity (Wildman–Crippen MR) is 77.2 cm³/mol. The number of hydrogen-bond acceptors (Lipinski definition) is 4.